The molecule has 1 amide bonds. The fourth-order valence-corrected chi connectivity index (χ4v) is 4.70. The largest absolute Gasteiger partial charge is 0.399 e. The molecule has 5 nitrogen and oxygen atoms in total. The third-order valence-electron chi connectivity index (χ3n) is 6.28. The Labute approximate surface area is 179 Å². The minimum absolute atomic E-state index is 0.148. The maximum absolute atomic E-state index is 13.4. The second kappa shape index (κ2) is 9.90. The normalized spacial score (nSPS) is 21.8. The molecule has 1 atom stereocenters. The van der Waals surface area contributed by atoms with Crippen LogP contribution in [0.1, 0.15) is 30.4 Å². The molecule has 0 aromatic heterocycles. The number of benzene rings is 2. The van der Waals surface area contributed by atoms with Crippen LogP contribution in [0.25, 0.3) is 0 Å². The van der Waals surface area contributed by atoms with Crippen molar-refractivity contribution in [3.8, 4) is 0 Å². The van der Waals surface area contributed by atoms with Crippen molar-refractivity contribution in [3.05, 3.63) is 71.8 Å². The van der Waals surface area contributed by atoms with Gasteiger partial charge in [0.15, 0.2) is 0 Å². The second-order valence-electron chi connectivity index (χ2n) is 8.41. The molecular formula is C25H31N3O2. The van der Waals surface area contributed by atoms with Gasteiger partial charge < -0.3 is 9.74 Å². The standard InChI is InChI=1S/C25H31N3O2/c1-30-26-23-17-24(28(19-23)18-22-10-6-3-7-11-22)25(29)27-14-12-21(13-15-27)16-20-8-4-2-5-9-20/h2-11,21,24H,12-19H2,1H3. The predicted octanol–water partition coefficient (Wildman–Crippen LogP) is 3.74. The molecule has 5 heteroatoms. The number of piperidine rings is 1. The molecule has 2 fully saturated rings. The molecule has 2 aromatic rings. The summed E-state index contributed by atoms with van der Waals surface area (Å²) in [6.07, 6.45) is 3.91. The second-order valence-corrected chi connectivity index (χ2v) is 8.41. The first-order valence-corrected chi connectivity index (χ1v) is 10.9. The molecule has 2 aromatic carbocycles. The van der Waals surface area contributed by atoms with Crippen molar-refractivity contribution in [2.75, 3.05) is 26.7 Å². The summed E-state index contributed by atoms with van der Waals surface area (Å²) < 4.78 is 0. The lowest BCUT2D eigenvalue weighted by Crippen LogP contribution is -2.48. The van der Waals surface area contributed by atoms with Gasteiger partial charge in [-0.1, -0.05) is 65.8 Å². The zero-order valence-corrected chi connectivity index (χ0v) is 17.7. The molecule has 2 saturated heterocycles. The Balaban J connectivity index is 1.37. The summed E-state index contributed by atoms with van der Waals surface area (Å²) in [6.45, 7) is 3.14. The molecule has 0 spiro atoms. The van der Waals surface area contributed by atoms with Crippen LogP contribution in [0.5, 0.6) is 0 Å². The monoisotopic (exact) mass is 405 g/mol. The number of carbonyl (C=O) groups excluding carboxylic acids is 1. The molecule has 2 aliphatic heterocycles. The maximum Gasteiger partial charge on any atom is 0.240 e. The van der Waals surface area contributed by atoms with Crippen LogP contribution < -0.4 is 0 Å². The van der Waals surface area contributed by atoms with E-state index in [4.69, 9.17) is 4.84 Å². The summed E-state index contributed by atoms with van der Waals surface area (Å²) in [7, 11) is 1.57. The average molecular weight is 406 g/mol. The quantitative estimate of drug-likeness (QED) is 0.688. The van der Waals surface area contributed by atoms with Crippen LogP contribution in [0.15, 0.2) is 65.8 Å². The van der Waals surface area contributed by atoms with Gasteiger partial charge in [0, 0.05) is 32.6 Å². The molecule has 158 valence electrons. The number of carbonyl (C=O) groups is 1. The van der Waals surface area contributed by atoms with Crippen molar-refractivity contribution in [1.29, 1.82) is 0 Å². The number of nitrogens with zero attached hydrogens (tertiary/aromatic N) is 3. The van der Waals surface area contributed by atoms with Crippen LogP contribution in [0, 0.1) is 5.92 Å². The van der Waals surface area contributed by atoms with E-state index in [1.54, 1.807) is 7.11 Å². The van der Waals surface area contributed by atoms with E-state index in [0.717, 1.165) is 44.6 Å². The molecule has 1 unspecified atom stereocenters. The van der Waals surface area contributed by atoms with Gasteiger partial charge in [-0.15, -0.1) is 0 Å². The first-order chi connectivity index (χ1) is 14.7. The molecule has 0 radical (unpaired) electrons. The smallest absolute Gasteiger partial charge is 0.240 e. The molecule has 0 saturated carbocycles. The lowest BCUT2D eigenvalue weighted by Gasteiger charge is -2.35. The van der Waals surface area contributed by atoms with Gasteiger partial charge in [0.25, 0.3) is 0 Å². The Kier molecular flexibility index (Phi) is 6.80. The third kappa shape index (κ3) is 5.08. The van der Waals surface area contributed by atoms with Crippen LogP contribution in [0.3, 0.4) is 0 Å². The molecular weight excluding hydrogens is 374 g/mol. The topological polar surface area (TPSA) is 45.1 Å². The number of likely N-dealkylation sites (tertiary alicyclic amines) is 2. The van der Waals surface area contributed by atoms with Gasteiger partial charge in [0.05, 0.1) is 11.8 Å². The highest BCUT2D eigenvalue weighted by Crippen LogP contribution is 2.26. The first kappa shape index (κ1) is 20.6. The van der Waals surface area contributed by atoms with Crippen molar-refractivity contribution in [2.45, 2.75) is 38.3 Å². The van der Waals surface area contributed by atoms with Gasteiger partial charge in [-0.25, -0.2) is 0 Å². The Bertz CT molecular complexity index is 845. The van der Waals surface area contributed by atoms with Gasteiger partial charge in [0.1, 0.15) is 7.11 Å². The fourth-order valence-electron chi connectivity index (χ4n) is 4.70. The molecule has 30 heavy (non-hydrogen) atoms. The highest BCUT2D eigenvalue weighted by Gasteiger charge is 2.38. The van der Waals surface area contributed by atoms with Crippen molar-refractivity contribution >= 4 is 11.6 Å². The summed E-state index contributed by atoms with van der Waals surface area (Å²) >= 11 is 0. The minimum atomic E-state index is -0.148. The summed E-state index contributed by atoms with van der Waals surface area (Å²) in [5, 5.41) is 4.16. The molecule has 0 aliphatic carbocycles. The molecule has 4 rings (SSSR count). The van der Waals surface area contributed by atoms with E-state index < -0.39 is 0 Å². The molecule has 2 aliphatic rings. The first-order valence-electron chi connectivity index (χ1n) is 10.9. The van der Waals surface area contributed by atoms with E-state index in [2.05, 4.69) is 57.4 Å². The van der Waals surface area contributed by atoms with Crippen LogP contribution in [-0.2, 0) is 22.6 Å². The highest BCUT2D eigenvalue weighted by atomic mass is 16.6. The van der Waals surface area contributed by atoms with Crippen molar-refractivity contribution < 1.29 is 9.63 Å². The molecule has 0 bridgehead atoms. The van der Waals surface area contributed by atoms with Crippen LogP contribution in [-0.4, -0.2) is 54.2 Å². The predicted molar refractivity (Wildman–Crippen MR) is 119 cm³/mol. The Morgan fingerprint density at radius 1 is 1.00 bits per heavy atom. The van der Waals surface area contributed by atoms with Crippen molar-refractivity contribution in [3.63, 3.8) is 0 Å². The lowest BCUT2D eigenvalue weighted by molar-refractivity contribution is -0.137. The van der Waals surface area contributed by atoms with E-state index in [0.29, 0.717) is 18.9 Å². The third-order valence-corrected chi connectivity index (χ3v) is 6.28. The Morgan fingerprint density at radius 2 is 1.63 bits per heavy atom. The van der Waals surface area contributed by atoms with Crippen molar-refractivity contribution in [2.24, 2.45) is 11.1 Å². The Morgan fingerprint density at radius 3 is 2.27 bits per heavy atom. The number of hydrogen-bond donors (Lipinski definition) is 0. The maximum atomic E-state index is 13.4. The summed E-state index contributed by atoms with van der Waals surface area (Å²) in [5.74, 6) is 0.900. The van der Waals surface area contributed by atoms with E-state index in [1.165, 1.54) is 11.1 Å². The van der Waals surface area contributed by atoms with Crippen LogP contribution in [0.4, 0.5) is 0 Å². The summed E-state index contributed by atoms with van der Waals surface area (Å²) in [4.78, 5) is 22.7. The highest BCUT2D eigenvalue weighted by molar-refractivity contribution is 5.96. The summed E-state index contributed by atoms with van der Waals surface area (Å²) in [5.41, 5.74) is 3.56. The van der Waals surface area contributed by atoms with Crippen LogP contribution in [0.2, 0.25) is 0 Å². The van der Waals surface area contributed by atoms with E-state index in [1.807, 2.05) is 18.2 Å². The SMILES string of the molecule is CON=C1CC(C(=O)N2CCC(Cc3ccccc3)CC2)N(Cc2ccccc2)C1. The minimum Gasteiger partial charge on any atom is -0.399 e. The number of rotatable bonds is 6. The lowest BCUT2D eigenvalue weighted by atomic mass is 9.90. The zero-order valence-electron chi connectivity index (χ0n) is 17.7. The molecule has 0 N–H and O–H groups in total. The van der Waals surface area contributed by atoms with E-state index in [9.17, 15) is 4.79 Å². The number of amides is 1. The zero-order chi connectivity index (χ0) is 20.8. The van der Waals surface area contributed by atoms with Gasteiger partial charge in [-0.3, -0.25) is 9.69 Å². The van der Waals surface area contributed by atoms with E-state index >= 15 is 0 Å². The summed E-state index contributed by atoms with van der Waals surface area (Å²) in [6, 6.07) is 20.9. The van der Waals surface area contributed by atoms with Gasteiger partial charge in [0.2, 0.25) is 5.91 Å². The van der Waals surface area contributed by atoms with Crippen LogP contribution >= 0.6 is 0 Å². The van der Waals surface area contributed by atoms with E-state index in [-0.39, 0.29) is 11.9 Å². The fraction of sp³-hybridized carbons (Fsp3) is 0.440. The van der Waals surface area contributed by atoms with Gasteiger partial charge in [-0.05, 0) is 36.3 Å². The Hall–Kier alpha value is -2.66. The molecule has 2 heterocycles. The van der Waals surface area contributed by atoms with Crippen molar-refractivity contribution in [1.82, 2.24) is 9.80 Å². The number of oxime groups is 1. The average Bonchev–Trinajstić information content (AvgIpc) is 3.17. The number of hydrogen-bond acceptors (Lipinski definition) is 4. The van der Waals surface area contributed by atoms with Gasteiger partial charge in [-0.2, -0.15) is 0 Å². The van der Waals surface area contributed by atoms with Gasteiger partial charge >= 0.3 is 0 Å².